The van der Waals surface area contributed by atoms with E-state index < -0.39 is 0 Å². The third kappa shape index (κ3) is 4.39. The van der Waals surface area contributed by atoms with E-state index in [1.54, 1.807) is 4.90 Å². The second-order valence-corrected chi connectivity index (χ2v) is 6.63. The van der Waals surface area contributed by atoms with Gasteiger partial charge in [0.1, 0.15) is 0 Å². The third-order valence-corrected chi connectivity index (χ3v) is 4.58. The number of benzene rings is 2. The molecule has 1 heterocycles. The average molecular weight is 368 g/mol. The first-order valence-corrected chi connectivity index (χ1v) is 8.95. The summed E-state index contributed by atoms with van der Waals surface area (Å²) in [5.41, 5.74) is 3.86. The smallest absolute Gasteiger partial charge is 0.231 e. The Balaban J connectivity index is 1.58. The number of nitrogens with zero attached hydrogens (tertiary/aromatic N) is 1. The monoisotopic (exact) mass is 368 g/mol. The van der Waals surface area contributed by atoms with E-state index in [0.717, 1.165) is 28.1 Å². The molecule has 0 saturated carbocycles. The van der Waals surface area contributed by atoms with Crippen molar-refractivity contribution in [3.63, 3.8) is 0 Å². The van der Waals surface area contributed by atoms with Gasteiger partial charge in [-0.2, -0.15) is 0 Å². The van der Waals surface area contributed by atoms with Crippen LogP contribution in [-0.4, -0.2) is 25.2 Å². The Hall–Kier alpha value is -3.02. The van der Waals surface area contributed by atoms with E-state index in [1.165, 1.54) is 6.92 Å². The van der Waals surface area contributed by atoms with E-state index in [9.17, 15) is 9.59 Å². The predicted molar refractivity (Wildman–Crippen MR) is 103 cm³/mol. The minimum Gasteiger partial charge on any atom is -0.454 e. The number of rotatable bonds is 6. The number of hydrogen-bond donors (Lipinski definition) is 1. The lowest BCUT2D eigenvalue weighted by atomic mass is 10.1. The van der Waals surface area contributed by atoms with E-state index in [0.29, 0.717) is 18.8 Å². The summed E-state index contributed by atoms with van der Waals surface area (Å²) in [7, 11) is 0. The highest BCUT2D eigenvalue weighted by atomic mass is 16.7. The molecule has 2 aromatic rings. The topological polar surface area (TPSA) is 67.9 Å². The fourth-order valence-corrected chi connectivity index (χ4v) is 3.21. The molecular formula is C21H24N2O4. The molecule has 0 bridgehead atoms. The maximum absolute atomic E-state index is 12.3. The molecule has 0 fully saturated rings. The van der Waals surface area contributed by atoms with Gasteiger partial charge < -0.3 is 19.7 Å². The van der Waals surface area contributed by atoms with Crippen molar-refractivity contribution in [2.24, 2.45) is 0 Å². The van der Waals surface area contributed by atoms with Crippen molar-refractivity contribution in [1.82, 2.24) is 5.32 Å². The van der Waals surface area contributed by atoms with Gasteiger partial charge >= 0.3 is 0 Å². The fourth-order valence-electron chi connectivity index (χ4n) is 3.21. The summed E-state index contributed by atoms with van der Waals surface area (Å²) in [5.74, 6) is 1.23. The molecule has 1 N–H and O–H groups in total. The Kier molecular flexibility index (Phi) is 5.64. The Morgan fingerprint density at radius 1 is 1.07 bits per heavy atom. The van der Waals surface area contributed by atoms with Crippen molar-refractivity contribution in [2.45, 2.75) is 33.7 Å². The van der Waals surface area contributed by atoms with Crippen LogP contribution in [0.15, 0.2) is 36.4 Å². The van der Waals surface area contributed by atoms with Gasteiger partial charge in [0.05, 0.1) is 0 Å². The van der Waals surface area contributed by atoms with Crippen LogP contribution < -0.4 is 19.7 Å². The number of carbonyl (C=O) groups excluding carboxylic acids is 2. The molecular weight excluding hydrogens is 344 g/mol. The number of amides is 2. The number of hydrogen-bond acceptors (Lipinski definition) is 4. The molecule has 6 nitrogen and oxygen atoms in total. The van der Waals surface area contributed by atoms with Crippen LogP contribution in [0.5, 0.6) is 11.5 Å². The van der Waals surface area contributed by atoms with Crippen molar-refractivity contribution in [3.8, 4) is 11.5 Å². The number of carbonyl (C=O) groups is 2. The number of para-hydroxylation sites is 1. The van der Waals surface area contributed by atoms with Crippen molar-refractivity contribution >= 4 is 17.5 Å². The summed E-state index contributed by atoms with van der Waals surface area (Å²) in [5, 5.41) is 2.89. The molecule has 3 rings (SSSR count). The third-order valence-electron chi connectivity index (χ3n) is 4.58. The zero-order valence-electron chi connectivity index (χ0n) is 15.9. The molecule has 0 unspecified atom stereocenters. The molecule has 27 heavy (non-hydrogen) atoms. The standard InChI is InChI=1S/C21H24N2O4/c1-14-5-4-6-15(2)21(14)23(16(3)24)10-9-20(25)22-12-17-7-8-18-19(11-17)27-13-26-18/h4-8,11H,9-10,12-13H2,1-3H3,(H,22,25). The molecule has 0 radical (unpaired) electrons. The van der Waals surface area contributed by atoms with Crippen molar-refractivity contribution in [1.29, 1.82) is 0 Å². The molecule has 0 aliphatic carbocycles. The number of anilines is 1. The first-order valence-electron chi connectivity index (χ1n) is 8.95. The van der Waals surface area contributed by atoms with Crippen molar-refractivity contribution in [2.75, 3.05) is 18.2 Å². The van der Waals surface area contributed by atoms with E-state index in [-0.39, 0.29) is 25.0 Å². The van der Waals surface area contributed by atoms with Gasteiger partial charge in [0.2, 0.25) is 18.6 Å². The van der Waals surface area contributed by atoms with Gasteiger partial charge in [-0.25, -0.2) is 0 Å². The van der Waals surface area contributed by atoms with Crippen LogP contribution in [0.25, 0.3) is 0 Å². The maximum Gasteiger partial charge on any atom is 0.231 e. The fraction of sp³-hybridized carbons (Fsp3) is 0.333. The predicted octanol–water partition coefficient (Wildman–Crippen LogP) is 3.09. The summed E-state index contributed by atoms with van der Waals surface area (Å²) < 4.78 is 10.6. The zero-order valence-corrected chi connectivity index (χ0v) is 15.9. The normalized spacial score (nSPS) is 12.0. The first-order chi connectivity index (χ1) is 13.0. The van der Waals surface area contributed by atoms with Gasteiger partial charge in [-0.05, 0) is 42.7 Å². The summed E-state index contributed by atoms with van der Waals surface area (Å²) in [6.45, 7) is 6.43. The Bertz CT molecular complexity index is 843. The molecule has 0 atom stereocenters. The Labute approximate surface area is 159 Å². The lowest BCUT2D eigenvalue weighted by molar-refractivity contribution is -0.121. The SMILES string of the molecule is CC(=O)N(CCC(=O)NCc1ccc2c(c1)OCO2)c1c(C)cccc1C. The van der Waals surface area contributed by atoms with Crippen molar-refractivity contribution in [3.05, 3.63) is 53.1 Å². The summed E-state index contributed by atoms with van der Waals surface area (Å²) in [6.07, 6.45) is 0.234. The quantitative estimate of drug-likeness (QED) is 0.851. The van der Waals surface area contributed by atoms with Crippen molar-refractivity contribution < 1.29 is 19.1 Å². The van der Waals surface area contributed by atoms with Gasteiger partial charge in [0.15, 0.2) is 11.5 Å². The van der Waals surface area contributed by atoms with Crippen LogP contribution in [0.2, 0.25) is 0 Å². The van der Waals surface area contributed by atoms with Crippen LogP contribution in [0, 0.1) is 13.8 Å². The van der Waals surface area contributed by atoms with Gasteiger partial charge in [-0.3, -0.25) is 9.59 Å². The Morgan fingerprint density at radius 2 is 1.78 bits per heavy atom. The molecule has 6 heteroatoms. The van der Waals surface area contributed by atoms with Crippen LogP contribution >= 0.6 is 0 Å². The van der Waals surface area contributed by atoms with Crippen LogP contribution in [0.3, 0.4) is 0 Å². The highest BCUT2D eigenvalue weighted by molar-refractivity contribution is 5.94. The number of nitrogens with one attached hydrogen (secondary N) is 1. The maximum atomic E-state index is 12.3. The van der Waals surface area contributed by atoms with Gasteiger partial charge in [-0.1, -0.05) is 24.3 Å². The lowest BCUT2D eigenvalue weighted by Gasteiger charge is -2.25. The Morgan fingerprint density at radius 3 is 2.48 bits per heavy atom. The molecule has 1 aliphatic rings. The molecule has 0 spiro atoms. The van der Waals surface area contributed by atoms with E-state index in [4.69, 9.17) is 9.47 Å². The highest BCUT2D eigenvalue weighted by Gasteiger charge is 2.18. The average Bonchev–Trinajstić information content (AvgIpc) is 3.09. The minimum atomic E-state index is -0.106. The zero-order chi connectivity index (χ0) is 19.4. The largest absolute Gasteiger partial charge is 0.454 e. The number of fused-ring (bicyclic) bond motifs is 1. The van der Waals surface area contributed by atoms with E-state index in [1.807, 2.05) is 50.2 Å². The number of ether oxygens (including phenoxy) is 2. The van der Waals surface area contributed by atoms with Gasteiger partial charge in [0.25, 0.3) is 0 Å². The molecule has 2 amide bonds. The summed E-state index contributed by atoms with van der Waals surface area (Å²) in [4.78, 5) is 26.1. The van der Waals surface area contributed by atoms with E-state index in [2.05, 4.69) is 5.32 Å². The van der Waals surface area contributed by atoms with Crippen LogP contribution in [0.4, 0.5) is 5.69 Å². The first kappa shape index (κ1) is 18.8. The summed E-state index contributed by atoms with van der Waals surface area (Å²) in [6, 6.07) is 11.5. The lowest BCUT2D eigenvalue weighted by Crippen LogP contribution is -2.34. The van der Waals surface area contributed by atoms with E-state index >= 15 is 0 Å². The molecule has 1 aliphatic heterocycles. The minimum absolute atomic E-state index is 0.0732. The number of aryl methyl sites for hydroxylation is 2. The highest BCUT2D eigenvalue weighted by Crippen LogP contribution is 2.32. The second-order valence-electron chi connectivity index (χ2n) is 6.63. The van der Waals surface area contributed by atoms with Crippen LogP contribution in [-0.2, 0) is 16.1 Å². The second kappa shape index (κ2) is 8.12. The molecule has 2 aromatic carbocycles. The summed E-state index contributed by atoms with van der Waals surface area (Å²) >= 11 is 0. The molecule has 142 valence electrons. The van der Waals surface area contributed by atoms with Gasteiger partial charge in [0, 0.05) is 32.1 Å². The van der Waals surface area contributed by atoms with Gasteiger partial charge in [-0.15, -0.1) is 0 Å². The molecule has 0 aromatic heterocycles. The van der Waals surface area contributed by atoms with Crippen LogP contribution in [0.1, 0.15) is 30.0 Å². The molecule has 0 saturated heterocycles.